The van der Waals surface area contributed by atoms with E-state index in [1.54, 1.807) is 0 Å². The van der Waals surface area contributed by atoms with Crippen molar-refractivity contribution < 1.29 is 0 Å². The van der Waals surface area contributed by atoms with Gasteiger partial charge in [0.15, 0.2) is 0 Å². The molecule has 0 saturated heterocycles. The first-order valence-electron chi connectivity index (χ1n) is 7.99. The zero-order valence-electron chi connectivity index (χ0n) is 13.5. The van der Waals surface area contributed by atoms with E-state index >= 15 is 0 Å². The lowest BCUT2D eigenvalue weighted by atomic mass is 9.91. The number of rotatable bonds is 7. The minimum absolute atomic E-state index is 0.584. The Morgan fingerprint density at radius 1 is 0.857 bits per heavy atom. The molecule has 112 valence electrons. The molecule has 0 aliphatic carbocycles. The van der Waals surface area contributed by atoms with Gasteiger partial charge in [0.05, 0.1) is 0 Å². The summed E-state index contributed by atoms with van der Waals surface area (Å²) in [5, 5.41) is 3.33. The monoisotopic (exact) mass is 281 g/mol. The van der Waals surface area contributed by atoms with Crippen LogP contribution >= 0.6 is 0 Å². The molecule has 0 fully saturated rings. The van der Waals surface area contributed by atoms with E-state index in [-0.39, 0.29) is 0 Å². The van der Waals surface area contributed by atoms with Crippen LogP contribution in [0.25, 0.3) is 0 Å². The molecule has 0 bridgehead atoms. The van der Waals surface area contributed by atoms with E-state index in [9.17, 15) is 0 Å². The maximum absolute atomic E-state index is 3.33. The molecule has 1 N–H and O–H groups in total. The predicted molar refractivity (Wildman–Crippen MR) is 92.0 cm³/mol. The first-order valence-corrected chi connectivity index (χ1v) is 7.99. The van der Waals surface area contributed by atoms with Crippen molar-refractivity contribution in [3.05, 3.63) is 71.3 Å². The molecule has 0 aromatic heterocycles. The molecule has 0 aliphatic rings. The van der Waals surface area contributed by atoms with Crippen molar-refractivity contribution in [3.8, 4) is 0 Å². The third kappa shape index (κ3) is 4.71. The molecule has 21 heavy (non-hydrogen) atoms. The molecule has 2 rings (SSSR count). The fraction of sp³-hybridized carbons (Fsp3) is 0.400. The molecule has 0 amide bonds. The second-order valence-electron chi connectivity index (χ2n) is 6.10. The molecular weight excluding hydrogens is 254 g/mol. The number of likely N-dealkylation sites (N-methyl/N-ethyl adjacent to an activating group) is 1. The molecule has 0 radical (unpaired) electrons. The summed E-state index contributed by atoms with van der Waals surface area (Å²) in [6.07, 6.45) is 2.32. The second-order valence-corrected chi connectivity index (χ2v) is 6.10. The van der Waals surface area contributed by atoms with Crippen molar-refractivity contribution in [3.63, 3.8) is 0 Å². The van der Waals surface area contributed by atoms with Crippen LogP contribution in [0.4, 0.5) is 0 Å². The topological polar surface area (TPSA) is 12.0 Å². The van der Waals surface area contributed by atoms with E-state index in [0.717, 1.165) is 13.0 Å². The maximum Gasteiger partial charge on any atom is 0.00172 e. The summed E-state index contributed by atoms with van der Waals surface area (Å²) < 4.78 is 0. The third-order valence-corrected chi connectivity index (χ3v) is 4.15. The fourth-order valence-corrected chi connectivity index (χ4v) is 2.77. The van der Waals surface area contributed by atoms with Crippen LogP contribution < -0.4 is 5.32 Å². The summed E-state index contributed by atoms with van der Waals surface area (Å²) >= 11 is 0. The summed E-state index contributed by atoms with van der Waals surface area (Å²) in [4.78, 5) is 0. The van der Waals surface area contributed by atoms with E-state index in [2.05, 4.69) is 73.8 Å². The summed E-state index contributed by atoms with van der Waals surface area (Å²) in [6, 6.07) is 20.0. The lowest BCUT2D eigenvalue weighted by molar-refractivity contribution is 0.584. The van der Waals surface area contributed by atoms with Gasteiger partial charge in [-0.1, -0.05) is 68.4 Å². The summed E-state index contributed by atoms with van der Waals surface area (Å²) in [6.45, 7) is 5.52. The Hall–Kier alpha value is -1.60. The van der Waals surface area contributed by atoms with Crippen molar-refractivity contribution in [1.29, 1.82) is 0 Å². The van der Waals surface area contributed by atoms with Crippen molar-refractivity contribution >= 4 is 0 Å². The lowest BCUT2D eigenvalue weighted by Gasteiger charge is -2.17. The largest absolute Gasteiger partial charge is 0.319 e. The van der Waals surface area contributed by atoms with Crippen LogP contribution in [0.5, 0.6) is 0 Å². The van der Waals surface area contributed by atoms with Gasteiger partial charge in [0.2, 0.25) is 0 Å². The minimum atomic E-state index is 0.584. The fourth-order valence-electron chi connectivity index (χ4n) is 2.77. The van der Waals surface area contributed by atoms with E-state index in [1.807, 2.05) is 7.05 Å². The van der Waals surface area contributed by atoms with E-state index in [1.165, 1.54) is 23.1 Å². The molecule has 0 saturated carbocycles. The zero-order chi connectivity index (χ0) is 15.1. The Morgan fingerprint density at radius 2 is 1.52 bits per heavy atom. The van der Waals surface area contributed by atoms with Crippen molar-refractivity contribution in [2.45, 2.75) is 38.5 Å². The minimum Gasteiger partial charge on any atom is -0.319 e. The highest BCUT2D eigenvalue weighted by Crippen LogP contribution is 2.22. The summed E-state index contributed by atoms with van der Waals surface area (Å²) in [7, 11) is 2.04. The average Bonchev–Trinajstić information content (AvgIpc) is 2.52. The maximum atomic E-state index is 3.33. The zero-order valence-corrected chi connectivity index (χ0v) is 13.5. The van der Waals surface area contributed by atoms with E-state index < -0.39 is 0 Å². The SMILES string of the molecule is CNCC(CCc1ccc(C(C)C)cc1)c1ccccc1. The number of hydrogen-bond donors (Lipinski definition) is 1. The van der Waals surface area contributed by atoms with Crippen LogP contribution in [0.2, 0.25) is 0 Å². The van der Waals surface area contributed by atoms with Gasteiger partial charge >= 0.3 is 0 Å². The lowest BCUT2D eigenvalue weighted by Crippen LogP contribution is -2.17. The van der Waals surface area contributed by atoms with Gasteiger partial charge in [-0.05, 0) is 48.4 Å². The van der Waals surface area contributed by atoms with Crippen LogP contribution in [-0.4, -0.2) is 13.6 Å². The Kier molecular flexibility index (Phi) is 6.01. The van der Waals surface area contributed by atoms with Gasteiger partial charge < -0.3 is 5.32 Å². The molecule has 2 aromatic carbocycles. The quantitative estimate of drug-likeness (QED) is 0.772. The van der Waals surface area contributed by atoms with Gasteiger partial charge in [0, 0.05) is 6.54 Å². The Bertz CT molecular complexity index is 513. The molecule has 1 nitrogen and oxygen atoms in total. The molecule has 1 atom stereocenters. The molecule has 0 aliphatic heterocycles. The first kappa shape index (κ1) is 15.8. The van der Waals surface area contributed by atoms with Gasteiger partial charge in [-0.2, -0.15) is 0 Å². The second kappa shape index (κ2) is 7.99. The Morgan fingerprint density at radius 3 is 2.10 bits per heavy atom. The molecule has 1 unspecified atom stereocenters. The van der Waals surface area contributed by atoms with Crippen molar-refractivity contribution in [1.82, 2.24) is 5.32 Å². The summed E-state index contributed by atoms with van der Waals surface area (Å²) in [5.74, 6) is 1.20. The van der Waals surface area contributed by atoms with Crippen LogP contribution in [0, 0.1) is 0 Å². The van der Waals surface area contributed by atoms with Gasteiger partial charge in [0.1, 0.15) is 0 Å². The molecule has 1 heteroatoms. The highest BCUT2D eigenvalue weighted by molar-refractivity contribution is 5.26. The number of aryl methyl sites for hydroxylation is 1. The Balaban J connectivity index is 1.98. The van der Waals surface area contributed by atoms with Crippen LogP contribution in [-0.2, 0) is 6.42 Å². The molecular formula is C20H27N. The van der Waals surface area contributed by atoms with Crippen molar-refractivity contribution in [2.75, 3.05) is 13.6 Å². The number of hydrogen-bond acceptors (Lipinski definition) is 1. The highest BCUT2D eigenvalue weighted by Gasteiger charge is 2.10. The normalized spacial score (nSPS) is 12.6. The molecule has 2 aromatic rings. The van der Waals surface area contributed by atoms with Gasteiger partial charge in [-0.25, -0.2) is 0 Å². The smallest absolute Gasteiger partial charge is 0.00172 e. The number of nitrogens with one attached hydrogen (secondary N) is 1. The van der Waals surface area contributed by atoms with E-state index in [4.69, 9.17) is 0 Å². The molecule has 0 heterocycles. The van der Waals surface area contributed by atoms with Gasteiger partial charge in [-0.15, -0.1) is 0 Å². The Labute approximate surface area is 129 Å². The van der Waals surface area contributed by atoms with Gasteiger partial charge in [-0.3, -0.25) is 0 Å². The number of benzene rings is 2. The highest BCUT2D eigenvalue weighted by atomic mass is 14.8. The van der Waals surface area contributed by atoms with Crippen LogP contribution in [0.3, 0.4) is 0 Å². The first-order chi connectivity index (χ1) is 10.2. The molecule has 0 spiro atoms. The van der Waals surface area contributed by atoms with Gasteiger partial charge in [0.25, 0.3) is 0 Å². The standard InChI is InChI=1S/C20H27N/c1-16(2)18-12-9-17(10-13-18)11-14-20(15-21-3)19-7-5-4-6-8-19/h4-10,12-13,16,20-21H,11,14-15H2,1-3H3. The van der Waals surface area contributed by atoms with Crippen molar-refractivity contribution in [2.24, 2.45) is 0 Å². The van der Waals surface area contributed by atoms with E-state index in [0.29, 0.717) is 11.8 Å². The van der Waals surface area contributed by atoms with Crippen LogP contribution in [0.1, 0.15) is 48.8 Å². The predicted octanol–water partition coefficient (Wildman–Crippen LogP) is 4.75. The average molecular weight is 281 g/mol. The summed E-state index contributed by atoms with van der Waals surface area (Å²) in [5.41, 5.74) is 4.30. The third-order valence-electron chi connectivity index (χ3n) is 4.15. The van der Waals surface area contributed by atoms with Crippen LogP contribution in [0.15, 0.2) is 54.6 Å².